The van der Waals surface area contributed by atoms with Crippen molar-refractivity contribution in [3.8, 4) is 44.5 Å². The van der Waals surface area contributed by atoms with Crippen molar-refractivity contribution in [2.45, 2.75) is 92.9 Å². The zero-order valence-electron chi connectivity index (χ0n) is 45.2. The molecule has 0 aliphatic carbocycles. The number of piperidine rings is 2. The average molecular weight is 1190 g/mol. The van der Waals surface area contributed by atoms with Crippen molar-refractivity contribution in [2.24, 2.45) is 0 Å². The molecule has 438 valence electrons. The van der Waals surface area contributed by atoms with Crippen LogP contribution in [0.15, 0.2) is 107 Å². The van der Waals surface area contributed by atoms with E-state index in [0.29, 0.717) is 89.2 Å². The quantitative estimate of drug-likeness (QED) is 0.0733. The second-order valence-electron chi connectivity index (χ2n) is 21.4. The lowest BCUT2D eigenvalue weighted by Crippen LogP contribution is -2.52. The molecule has 19 nitrogen and oxygen atoms in total. The number of hydrogen-bond donors (Lipinski definition) is 6. The number of carbonyl (C=O) groups excluding carboxylic acids is 4. The van der Waals surface area contributed by atoms with Crippen LogP contribution in [0.1, 0.15) is 78.3 Å². The topological polar surface area (TPSA) is 278 Å². The molecule has 2 atom stereocenters. The summed E-state index contributed by atoms with van der Waals surface area (Å²) in [6, 6.07) is 19.4. The zero-order chi connectivity index (χ0) is 59.8. The van der Waals surface area contributed by atoms with Gasteiger partial charge in [0.2, 0.25) is 20.0 Å². The highest BCUT2D eigenvalue weighted by Crippen LogP contribution is 2.36. The number of fused-ring (bicyclic) bond motifs is 2. The van der Waals surface area contributed by atoms with Crippen molar-refractivity contribution in [1.29, 1.82) is 0 Å². The lowest BCUT2D eigenvalue weighted by Gasteiger charge is -2.34. The molecule has 4 aromatic carbocycles. The molecule has 26 heteroatoms. The third-order valence-corrected chi connectivity index (χ3v) is 17.3. The number of pyridine rings is 2. The van der Waals surface area contributed by atoms with E-state index < -0.39 is 79.0 Å². The smallest absolute Gasteiger partial charge is 0.444 e. The highest BCUT2D eigenvalue weighted by atomic mass is 32.2. The zero-order valence-corrected chi connectivity index (χ0v) is 46.8. The Kier molecular flexibility index (Phi) is 17.0. The molecule has 0 saturated carbocycles. The van der Waals surface area contributed by atoms with Crippen LogP contribution in [0.25, 0.3) is 44.5 Å². The minimum atomic E-state index is -5.06. The Morgan fingerprint density at radius 3 is 1.45 bits per heavy atom. The summed E-state index contributed by atoms with van der Waals surface area (Å²) >= 11 is 0. The Hall–Kier alpha value is -8.07. The van der Waals surface area contributed by atoms with Crippen LogP contribution in [0.4, 0.5) is 38.4 Å². The predicted octanol–water partition coefficient (Wildman–Crippen LogP) is 7.36. The number of amides is 4. The van der Waals surface area contributed by atoms with Gasteiger partial charge >= 0.3 is 18.2 Å². The number of likely N-dealkylation sites (tertiary alicyclic amines) is 2. The van der Waals surface area contributed by atoms with E-state index in [1.165, 1.54) is 41.6 Å². The standard InChI is InChI=1S/C30H34FN5O5S.C27H25F4N5O4S/c1-30(2,3)41-29(38)36-12-4-5-21(17-36)35-42(39,40)22-7-9-23(26(31)15-22)20-14-25(27(32)34-16-20)18-6-8-24-19(13-18)10-11-33-28(24)37;28-23-12-19(41(39,40)35-18-2-1-9-36(14-18)26(38)27(29,30)31)4-6-20(23)17-11-22(24(32)34-13-17)15-3-5-21-16(10-15)7-8-33-25(21)37/h6-9,13-16,21,35H,4-5,10-12,17H2,1-3H3,(H2,32,34)(H,33,37);3-6,10-13,18,35H,1-2,7-9,14H2,(H2,32,34)(H,33,37)/t21-;18-/m00/s1. The number of halogens is 5. The van der Waals surface area contributed by atoms with Crippen LogP contribution in [-0.2, 0) is 42.4 Å². The molecule has 6 aromatic rings. The largest absolute Gasteiger partial charge is 0.471 e. The van der Waals surface area contributed by atoms with Gasteiger partial charge in [-0.1, -0.05) is 36.4 Å². The monoisotopic (exact) mass is 1190 g/mol. The predicted molar refractivity (Wildman–Crippen MR) is 298 cm³/mol. The molecule has 83 heavy (non-hydrogen) atoms. The summed E-state index contributed by atoms with van der Waals surface area (Å²) in [5.74, 6) is -3.51. The van der Waals surface area contributed by atoms with Gasteiger partial charge in [0, 0.05) is 108 Å². The van der Waals surface area contributed by atoms with Gasteiger partial charge in [0.15, 0.2) is 0 Å². The summed E-state index contributed by atoms with van der Waals surface area (Å²) in [5, 5.41) is 5.59. The number of aromatic nitrogens is 2. The van der Waals surface area contributed by atoms with Crippen molar-refractivity contribution in [2.75, 3.05) is 50.7 Å². The normalized spacial score (nSPS) is 17.5. The SMILES string of the molecule is CC(C)(C)OC(=O)N1CCC[C@H](NS(=O)(=O)c2ccc(-c3cnc(N)c(-c4ccc5c(c4)CCNC5=O)c3)c(F)c2)C1.Nc1ncc(-c2ccc(S(=O)(=O)N[C@H]3CCCN(C(=O)C(F)(F)F)C3)cc2F)cc1-c1ccc2c(c1)CCNC2=O. The summed E-state index contributed by atoms with van der Waals surface area (Å²) in [6.45, 7) is 6.38. The molecule has 4 aliphatic rings. The molecule has 4 aliphatic heterocycles. The first-order valence-corrected chi connectivity index (χ1v) is 29.4. The van der Waals surface area contributed by atoms with Crippen molar-refractivity contribution in [3.63, 3.8) is 0 Å². The van der Waals surface area contributed by atoms with E-state index in [-0.39, 0.29) is 65.4 Å². The van der Waals surface area contributed by atoms with Gasteiger partial charge in [-0.25, -0.2) is 49.8 Å². The molecule has 2 saturated heterocycles. The summed E-state index contributed by atoms with van der Waals surface area (Å²) in [4.78, 5) is 58.0. The van der Waals surface area contributed by atoms with E-state index >= 15 is 8.78 Å². The van der Waals surface area contributed by atoms with Crippen molar-refractivity contribution >= 4 is 55.5 Å². The maximum absolute atomic E-state index is 15.4. The fourth-order valence-corrected chi connectivity index (χ4v) is 12.8. The Morgan fingerprint density at radius 2 is 1.02 bits per heavy atom. The Balaban J connectivity index is 0.000000200. The molecule has 2 aromatic heterocycles. The van der Waals surface area contributed by atoms with E-state index in [1.54, 1.807) is 57.2 Å². The molecule has 10 rings (SSSR count). The summed E-state index contributed by atoms with van der Waals surface area (Å²) in [6.07, 6.45) is 0.0636. The van der Waals surface area contributed by atoms with Gasteiger partial charge in [0.1, 0.15) is 28.9 Å². The van der Waals surface area contributed by atoms with Crippen LogP contribution in [0.3, 0.4) is 0 Å². The Labute approximate surface area is 475 Å². The lowest BCUT2D eigenvalue weighted by molar-refractivity contribution is -0.186. The average Bonchev–Trinajstić information content (AvgIpc) is 3.30. The molecule has 0 spiro atoms. The van der Waals surface area contributed by atoms with Crippen molar-refractivity contribution < 1.29 is 62.7 Å². The molecule has 4 amide bonds. The van der Waals surface area contributed by atoms with Crippen LogP contribution in [0.2, 0.25) is 0 Å². The summed E-state index contributed by atoms with van der Waals surface area (Å²) in [5.41, 5.74) is 18.0. The highest BCUT2D eigenvalue weighted by molar-refractivity contribution is 7.89. The van der Waals surface area contributed by atoms with E-state index in [2.05, 4.69) is 30.0 Å². The van der Waals surface area contributed by atoms with Gasteiger partial charge in [-0.3, -0.25) is 14.4 Å². The number of hydrogen-bond acceptors (Lipinski definition) is 13. The molecule has 2 fully saturated rings. The van der Waals surface area contributed by atoms with Gasteiger partial charge in [-0.15, -0.1) is 0 Å². The highest BCUT2D eigenvalue weighted by Gasteiger charge is 2.44. The minimum absolute atomic E-state index is 0.0506. The van der Waals surface area contributed by atoms with E-state index in [4.69, 9.17) is 16.2 Å². The number of anilines is 2. The molecule has 8 N–H and O–H groups in total. The van der Waals surface area contributed by atoms with Crippen molar-refractivity contribution in [1.82, 2.24) is 39.8 Å². The first-order valence-electron chi connectivity index (χ1n) is 26.5. The fraction of sp³-hybridized carbons (Fsp3) is 0.333. The van der Waals surface area contributed by atoms with Gasteiger partial charge in [-0.05, 0) is 130 Å². The van der Waals surface area contributed by atoms with Crippen LogP contribution < -0.4 is 31.5 Å². The number of sulfonamides is 2. The molecular formula is C57H59F5N10O9S2. The van der Waals surface area contributed by atoms with E-state index in [0.717, 1.165) is 28.8 Å². The van der Waals surface area contributed by atoms with Crippen LogP contribution in [0, 0.1) is 11.6 Å². The maximum atomic E-state index is 15.4. The first-order chi connectivity index (χ1) is 39.1. The number of nitrogen functional groups attached to an aromatic ring is 2. The number of alkyl halides is 3. The number of ether oxygens (including phenoxy) is 1. The van der Waals surface area contributed by atoms with Crippen LogP contribution >= 0.6 is 0 Å². The number of nitrogens with one attached hydrogen (secondary N) is 4. The van der Waals surface area contributed by atoms with Crippen LogP contribution in [0.5, 0.6) is 0 Å². The van der Waals surface area contributed by atoms with Gasteiger partial charge in [0.25, 0.3) is 11.8 Å². The number of benzene rings is 4. The molecule has 0 radical (unpaired) electrons. The van der Waals surface area contributed by atoms with Gasteiger partial charge in [0.05, 0.1) is 9.79 Å². The Morgan fingerprint density at radius 1 is 0.602 bits per heavy atom. The summed E-state index contributed by atoms with van der Waals surface area (Å²) < 4.78 is 132. The number of carbonyl (C=O) groups is 4. The Bertz CT molecular complexity index is 3790. The maximum Gasteiger partial charge on any atom is 0.471 e. The third-order valence-electron chi connectivity index (χ3n) is 14.3. The van der Waals surface area contributed by atoms with Crippen molar-refractivity contribution in [3.05, 3.63) is 131 Å². The molecular weight excluding hydrogens is 1130 g/mol. The molecule has 0 unspecified atom stereocenters. The van der Waals surface area contributed by atoms with E-state index in [9.17, 15) is 49.2 Å². The second kappa shape index (κ2) is 23.7. The molecule has 0 bridgehead atoms. The first kappa shape index (κ1) is 59.5. The fourth-order valence-electron chi connectivity index (χ4n) is 10.3. The number of nitrogens with two attached hydrogens (primary N) is 2. The third kappa shape index (κ3) is 13.7. The molecule has 6 heterocycles. The van der Waals surface area contributed by atoms with E-state index in [1.807, 2.05) is 12.1 Å². The second-order valence-corrected chi connectivity index (χ2v) is 24.9. The van der Waals surface area contributed by atoms with Crippen LogP contribution in [-0.4, -0.2) is 124 Å². The lowest BCUT2D eigenvalue weighted by atomic mass is 9.94. The summed E-state index contributed by atoms with van der Waals surface area (Å²) in [7, 11) is -8.39. The number of nitrogens with zero attached hydrogens (tertiary/aromatic N) is 4. The van der Waals surface area contributed by atoms with Gasteiger partial charge in [-0.2, -0.15) is 13.2 Å². The van der Waals surface area contributed by atoms with Gasteiger partial charge < -0.3 is 36.6 Å². The minimum Gasteiger partial charge on any atom is -0.444 e. The number of rotatable bonds is 10.